The number of hydrogen-bond donors (Lipinski definition) is 5. The summed E-state index contributed by atoms with van der Waals surface area (Å²) in [5.74, 6) is -0.222. The van der Waals surface area contributed by atoms with Crippen LogP contribution in [0.25, 0.3) is 0 Å². The van der Waals surface area contributed by atoms with E-state index in [-0.39, 0.29) is 99.4 Å². The van der Waals surface area contributed by atoms with Gasteiger partial charge in [0.25, 0.3) is 0 Å². The predicted molar refractivity (Wildman–Crippen MR) is 550 cm³/mol. The first-order valence-electron chi connectivity index (χ1n) is 47.6. The van der Waals surface area contributed by atoms with Gasteiger partial charge in [0.05, 0.1) is 51.4 Å². The average molecular weight is 1990 g/mol. The molecule has 0 atom stereocenters. The molecule has 26 nitrogen and oxygen atoms in total. The first-order chi connectivity index (χ1) is 66.4. The number of halogens is 6. The van der Waals surface area contributed by atoms with Gasteiger partial charge < -0.3 is 75.1 Å². The predicted octanol–water partition coefficient (Wildman–Crippen LogP) is 19.9. The molecule has 6 aliphatic rings. The van der Waals surface area contributed by atoms with Crippen LogP contribution in [0.1, 0.15) is 128 Å². The molecule has 6 fully saturated rings. The van der Waals surface area contributed by atoms with Crippen molar-refractivity contribution in [3.05, 3.63) is 263 Å². The molecule has 0 aliphatic carbocycles. The zero-order chi connectivity index (χ0) is 96.5. The zero-order valence-electron chi connectivity index (χ0n) is 78.4. The number of piperazine rings is 4. The highest BCUT2D eigenvalue weighted by molar-refractivity contribution is 6.41. The molecule has 6 aliphatic heterocycles. The minimum Gasteiger partial charge on any atom is -0.497 e. The molecule has 0 radical (unpaired) electrons. The second kappa shape index (κ2) is 52.8. The molecular weight excluding hydrogens is 1860 g/mol. The van der Waals surface area contributed by atoms with E-state index in [9.17, 15) is 38.4 Å². The van der Waals surface area contributed by atoms with Crippen molar-refractivity contribution < 1.29 is 52.6 Å². The van der Waals surface area contributed by atoms with E-state index in [1.165, 1.54) is 38.5 Å². The monoisotopic (exact) mass is 1980 g/mol. The standard InChI is InChI=1S/C36H43Cl2N5O4.C36H42Cl2N4O4.C33H40Cl2N6O3/c1-26-8-10-27(11-9-26)25-47-34(45)7-5-6-33(44)39-29-12-14-30(15-13-29)42-18-20-43(21-19-42)36(46)40-35-31(37)22-28(23-32(35)38)24-41-16-3-2-4-17-41;37-32-22-28(25-40-16-5-2-6-17-40)23-33(38)31(32)24-35(44)42-20-18-41(19-21-42)30-14-12-29(13-15-30)39-34(43)10-7-11-36(45)46-26-27-8-3-1-4-9-27;1-3-38-12-14-39(15-13-38)23-25-20-29(34)32(30(35)21-25)37-33(43)41-18-16-40(17-19-41)27-8-6-26(7-9-27)36-31(42)22-24-4-10-28(44-2)11-5-24/h8-15,22-23H,2-7,16-21,24-25H2,1H3,(H,39,44)(H,40,46);1,3-4,8-9,12-15,22-23H,2,5-7,10-11,16-21,24-26H2,(H,39,43);4-11,20-21H,3,12-19,22-23H2,1-2H3,(H,36,42)(H,37,43). The van der Waals surface area contributed by atoms with Crippen LogP contribution < -0.4 is 46.0 Å². The minimum atomic E-state index is -0.315. The number of aryl methyl sites for hydroxylation is 1. The number of anilines is 8. The fraction of sp³-hybridized carbons (Fsp3) is 0.410. The van der Waals surface area contributed by atoms with Gasteiger partial charge in [0.15, 0.2) is 0 Å². The van der Waals surface area contributed by atoms with Crippen LogP contribution in [-0.2, 0) is 83.9 Å². The molecule has 6 saturated heterocycles. The normalized spacial score (nSPS) is 15.6. The van der Waals surface area contributed by atoms with E-state index in [1.54, 1.807) is 16.9 Å². The van der Waals surface area contributed by atoms with Crippen molar-refractivity contribution in [1.29, 1.82) is 0 Å². The highest BCUT2D eigenvalue weighted by Crippen LogP contribution is 2.37. The lowest BCUT2D eigenvalue weighted by atomic mass is 10.1. The Balaban J connectivity index is 0.000000174. The molecule has 32 heteroatoms. The molecular formula is C105H125Cl6N15O11. The maximum absolute atomic E-state index is 13.2. The minimum absolute atomic E-state index is 0.0229. The van der Waals surface area contributed by atoms with Crippen LogP contribution in [0.15, 0.2) is 188 Å². The van der Waals surface area contributed by atoms with Crippen molar-refractivity contribution in [2.24, 2.45) is 0 Å². The maximum Gasteiger partial charge on any atom is 0.322 e. The molecule has 0 aromatic heterocycles. The van der Waals surface area contributed by atoms with Crippen molar-refractivity contribution in [3.63, 3.8) is 0 Å². The number of nitrogens with one attached hydrogen (secondary N) is 5. The number of ether oxygens (including phenoxy) is 3. The Kier molecular flexibility index (Phi) is 39.9. The van der Waals surface area contributed by atoms with E-state index >= 15 is 0 Å². The van der Waals surface area contributed by atoms with Crippen LogP contribution in [-0.4, -0.2) is 226 Å². The van der Waals surface area contributed by atoms with Crippen molar-refractivity contribution in [1.82, 2.24) is 34.3 Å². The van der Waals surface area contributed by atoms with E-state index in [1.807, 2.05) is 200 Å². The van der Waals surface area contributed by atoms with Gasteiger partial charge in [-0.15, -0.1) is 0 Å². The number of likely N-dealkylation sites (tertiary alicyclic amines) is 2. The molecule has 5 N–H and O–H groups in total. The molecule has 0 saturated carbocycles. The maximum atomic E-state index is 13.2. The Labute approximate surface area is 834 Å². The van der Waals surface area contributed by atoms with Crippen molar-refractivity contribution >= 4 is 163 Å². The smallest absolute Gasteiger partial charge is 0.322 e. The molecule has 9 aromatic rings. The van der Waals surface area contributed by atoms with Crippen molar-refractivity contribution in [2.75, 3.05) is 186 Å². The average Bonchev–Trinajstić information content (AvgIpc) is 0.818. The van der Waals surface area contributed by atoms with Gasteiger partial charge in [0.1, 0.15) is 19.0 Å². The van der Waals surface area contributed by atoms with E-state index in [4.69, 9.17) is 83.8 Å². The zero-order valence-corrected chi connectivity index (χ0v) is 82.9. The van der Waals surface area contributed by atoms with Crippen LogP contribution in [0.5, 0.6) is 5.75 Å². The summed E-state index contributed by atoms with van der Waals surface area (Å²) in [4.78, 5) is 122. The van der Waals surface area contributed by atoms with Gasteiger partial charge in [0, 0.05) is 194 Å². The summed E-state index contributed by atoms with van der Waals surface area (Å²) in [6.45, 7) is 24.2. The van der Waals surface area contributed by atoms with E-state index in [0.29, 0.717) is 150 Å². The molecule has 8 amide bonds. The number of piperidine rings is 2. The van der Waals surface area contributed by atoms with Crippen LogP contribution >= 0.6 is 69.6 Å². The molecule has 6 heterocycles. The molecule has 15 rings (SSSR count). The molecule has 0 bridgehead atoms. The largest absolute Gasteiger partial charge is 0.497 e. The number of hydrogen-bond acceptors (Lipinski definition) is 18. The lowest BCUT2D eigenvalue weighted by Gasteiger charge is -2.36. The van der Waals surface area contributed by atoms with E-state index in [0.717, 1.165) is 146 Å². The number of amides is 8. The Morgan fingerprint density at radius 3 is 1.07 bits per heavy atom. The third-order valence-electron chi connectivity index (χ3n) is 25.4. The van der Waals surface area contributed by atoms with Gasteiger partial charge in [0.2, 0.25) is 23.6 Å². The SMILES string of the molecule is CCN1CCN(Cc2cc(Cl)c(NC(=O)N3CCN(c4ccc(NC(=O)Cc5ccc(OC)cc5)cc4)CC3)c(Cl)c2)CC1.Cc1ccc(COC(=O)CCCC(=O)Nc2ccc(N3CCN(C(=O)Nc4c(Cl)cc(CN5CCCCC5)cc4Cl)CC3)cc2)cc1.O=C(CCCC(=O)OCc1ccccc1)Nc1ccc(N2CCN(C(=O)Cc3c(Cl)cc(CN4CCCCC4)cc3Cl)CC2)cc1. The third-order valence-corrected chi connectivity index (χ3v) is 27.3. The van der Waals surface area contributed by atoms with Gasteiger partial charge in [-0.05, 0) is 238 Å². The first kappa shape index (κ1) is 103. The summed E-state index contributed by atoms with van der Waals surface area (Å²) < 4.78 is 15.7. The fourth-order valence-electron chi connectivity index (χ4n) is 17.4. The second-order valence-corrected chi connectivity index (χ2v) is 37.9. The molecule has 0 unspecified atom stereocenters. The molecule has 9 aromatic carbocycles. The van der Waals surface area contributed by atoms with E-state index < -0.39 is 0 Å². The summed E-state index contributed by atoms with van der Waals surface area (Å²) in [6, 6.07) is 59.0. The third kappa shape index (κ3) is 32.6. The lowest BCUT2D eigenvalue weighted by molar-refractivity contribution is -0.146. The molecule has 0 spiro atoms. The molecule has 728 valence electrons. The number of esters is 2. The Bertz CT molecular complexity index is 5410. The van der Waals surface area contributed by atoms with Gasteiger partial charge >= 0.3 is 24.0 Å². The fourth-order valence-corrected chi connectivity index (χ4v) is 19.3. The highest BCUT2D eigenvalue weighted by Gasteiger charge is 2.29. The van der Waals surface area contributed by atoms with Crippen molar-refractivity contribution in [3.8, 4) is 5.75 Å². The van der Waals surface area contributed by atoms with Crippen LogP contribution in [0.2, 0.25) is 30.1 Å². The number of methoxy groups -OCH3 is 1. The van der Waals surface area contributed by atoms with Gasteiger partial charge in [-0.2, -0.15) is 0 Å². The quantitative estimate of drug-likeness (QED) is 0.0246. The van der Waals surface area contributed by atoms with Crippen LogP contribution in [0.3, 0.4) is 0 Å². The topological polar surface area (TPSA) is 257 Å². The summed E-state index contributed by atoms with van der Waals surface area (Å²) in [6.07, 6.45) is 9.59. The Hall–Kier alpha value is -10.9. The molecule has 137 heavy (non-hydrogen) atoms. The summed E-state index contributed by atoms with van der Waals surface area (Å²) in [5, 5.41) is 17.5. The van der Waals surface area contributed by atoms with Gasteiger partial charge in [-0.3, -0.25) is 43.5 Å². The van der Waals surface area contributed by atoms with Crippen LogP contribution in [0.4, 0.5) is 55.1 Å². The Morgan fingerprint density at radius 1 is 0.328 bits per heavy atom. The number of benzene rings is 9. The van der Waals surface area contributed by atoms with E-state index in [2.05, 4.69) is 67.8 Å². The number of nitrogens with zero attached hydrogens (tertiary/aromatic N) is 10. The number of carbonyl (C=O) groups excluding carboxylic acids is 8. The lowest BCUT2D eigenvalue weighted by Crippen LogP contribution is -2.50. The van der Waals surface area contributed by atoms with Crippen LogP contribution in [0, 0.1) is 6.92 Å². The van der Waals surface area contributed by atoms with Crippen molar-refractivity contribution in [2.45, 2.75) is 137 Å². The second-order valence-electron chi connectivity index (χ2n) is 35.5. The Morgan fingerprint density at radius 2 is 0.679 bits per heavy atom. The van der Waals surface area contributed by atoms with Gasteiger partial charge in [-0.1, -0.05) is 162 Å². The number of rotatable bonds is 32. The summed E-state index contributed by atoms with van der Waals surface area (Å²) in [5.41, 5.74) is 13.9. The number of urea groups is 2. The number of carbonyl (C=O) groups is 8. The van der Waals surface area contributed by atoms with Gasteiger partial charge in [-0.25, -0.2) is 9.59 Å². The first-order valence-corrected chi connectivity index (χ1v) is 49.8. The highest BCUT2D eigenvalue weighted by atomic mass is 35.5. The summed E-state index contributed by atoms with van der Waals surface area (Å²) in [7, 11) is 1.62. The number of likely N-dealkylation sites (N-methyl/N-ethyl adjacent to an activating group) is 1. The summed E-state index contributed by atoms with van der Waals surface area (Å²) >= 11 is 39.6.